The van der Waals surface area contributed by atoms with Gasteiger partial charge >= 0.3 is 6.03 Å². The predicted octanol–water partition coefficient (Wildman–Crippen LogP) is 3.94. The van der Waals surface area contributed by atoms with Gasteiger partial charge in [0.2, 0.25) is 0 Å². The molecule has 0 aromatic heterocycles. The number of rotatable bonds is 2. The van der Waals surface area contributed by atoms with Crippen LogP contribution in [0.3, 0.4) is 0 Å². The van der Waals surface area contributed by atoms with Crippen LogP contribution in [0.25, 0.3) is 0 Å². The van der Waals surface area contributed by atoms with Gasteiger partial charge in [-0.1, -0.05) is 23.7 Å². The van der Waals surface area contributed by atoms with Gasteiger partial charge in [0.15, 0.2) is 0 Å². The number of fused-ring (bicyclic) bond motifs is 1. The fourth-order valence-electron chi connectivity index (χ4n) is 2.32. The van der Waals surface area contributed by atoms with Crippen molar-refractivity contribution in [2.45, 2.75) is 6.04 Å². The first kappa shape index (κ1) is 13.9. The molecule has 21 heavy (non-hydrogen) atoms. The highest BCUT2D eigenvalue weighted by Crippen LogP contribution is 2.33. The molecule has 106 valence electrons. The Hall–Kier alpha value is -2.04. The molecule has 1 aliphatic rings. The number of carbonyl (C=O) groups is 2. The number of benzene rings is 2. The van der Waals surface area contributed by atoms with Crippen LogP contribution in [-0.2, 0) is 0 Å². The van der Waals surface area contributed by atoms with Gasteiger partial charge in [-0.05, 0) is 47.5 Å². The molecule has 0 aliphatic carbocycles. The van der Waals surface area contributed by atoms with Crippen molar-refractivity contribution in [3.05, 3.63) is 64.2 Å². The number of halogens is 2. The molecule has 0 bridgehead atoms. The molecule has 0 spiro atoms. The van der Waals surface area contributed by atoms with E-state index in [0.29, 0.717) is 16.3 Å². The smallest absolute Gasteiger partial charge is 0.320 e. The second kappa shape index (κ2) is 5.39. The van der Waals surface area contributed by atoms with Gasteiger partial charge < -0.3 is 10.6 Å². The summed E-state index contributed by atoms with van der Waals surface area (Å²) in [7, 11) is 0. The summed E-state index contributed by atoms with van der Waals surface area (Å²) in [4.78, 5) is 23.1. The highest BCUT2D eigenvalue weighted by Gasteiger charge is 2.26. The van der Waals surface area contributed by atoms with Crippen molar-refractivity contribution in [2.75, 3.05) is 5.32 Å². The Kier molecular flexibility index (Phi) is 3.57. The van der Waals surface area contributed by atoms with E-state index in [0.717, 1.165) is 11.1 Å². The van der Waals surface area contributed by atoms with E-state index < -0.39 is 5.24 Å². The van der Waals surface area contributed by atoms with Gasteiger partial charge in [-0.3, -0.25) is 4.79 Å². The van der Waals surface area contributed by atoms with Crippen LogP contribution in [0.2, 0.25) is 5.02 Å². The molecule has 4 nitrogen and oxygen atoms in total. The second-order valence-electron chi connectivity index (χ2n) is 4.66. The molecule has 1 unspecified atom stereocenters. The van der Waals surface area contributed by atoms with E-state index in [-0.39, 0.29) is 12.1 Å². The highest BCUT2D eigenvalue weighted by atomic mass is 35.5. The number of anilines is 1. The Morgan fingerprint density at radius 3 is 2.48 bits per heavy atom. The first-order valence-corrected chi connectivity index (χ1v) is 6.97. The maximum Gasteiger partial charge on any atom is 0.320 e. The van der Waals surface area contributed by atoms with Gasteiger partial charge in [0.05, 0.1) is 6.04 Å². The van der Waals surface area contributed by atoms with Crippen LogP contribution < -0.4 is 10.6 Å². The topological polar surface area (TPSA) is 58.2 Å². The van der Waals surface area contributed by atoms with Gasteiger partial charge in [0, 0.05) is 21.8 Å². The molecule has 1 atom stereocenters. The van der Waals surface area contributed by atoms with Crippen molar-refractivity contribution >= 4 is 40.2 Å². The lowest BCUT2D eigenvalue weighted by molar-refractivity contribution is 0.108. The Labute approximate surface area is 131 Å². The van der Waals surface area contributed by atoms with Crippen LogP contribution in [0.15, 0.2) is 42.5 Å². The summed E-state index contributed by atoms with van der Waals surface area (Å²) >= 11 is 11.4. The molecule has 2 aromatic rings. The van der Waals surface area contributed by atoms with Crippen molar-refractivity contribution in [1.29, 1.82) is 0 Å². The Morgan fingerprint density at radius 2 is 1.81 bits per heavy atom. The van der Waals surface area contributed by atoms with Gasteiger partial charge in [0.25, 0.3) is 5.24 Å². The molecular formula is C15H10Cl2N2O2. The molecule has 2 aromatic carbocycles. The molecule has 0 fully saturated rings. The lowest BCUT2D eigenvalue weighted by atomic mass is 9.94. The third-order valence-electron chi connectivity index (χ3n) is 3.32. The molecule has 0 saturated heterocycles. The molecule has 0 radical (unpaired) electrons. The third kappa shape index (κ3) is 2.73. The maximum absolute atomic E-state index is 11.8. The summed E-state index contributed by atoms with van der Waals surface area (Å²) in [6, 6.07) is 11.4. The van der Waals surface area contributed by atoms with E-state index in [1.54, 1.807) is 30.3 Å². The first-order chi connectivity index (χ1) is 10.0. The van der Waals surface area contributed by atoms with Gasteiger partial charge in [0.1, 0.15) is 0 Å². The fourth-order valence-corrected chi connectivity index (χ4v) is 2.57. The minimum atomic E-state index is -0.537. The van der Waals surface area contributed by atoms with Crippen LogP contribution in [0.5, 0.6) is 0 Å². The summed E-state index contributed by atoms with van der Waals surface area (Å²) in [5.74, 6) is 0. The Bertz CT molecular complexity index is 729. The summed E-state index contributed by atoms with van der Waals surface area (Å²) in [5, 5.41) is 5.61. The second-order valence-corrected chi connectivity index (χ2v) is 5.44. The number of hydrogen-bond donors (Lipinski definition) is 2. The number of carbonyl (C=O) groups excluding carboxylic acids is 2. The minimum Gasteiger partial charge on any atom is -0.327 e. The van der Waals surface area contributed by atoms with Crippen molar-refractivity contribution in [1.82, 2.24) is 5.32 Å². The fraction of sp³-hybridized carbons (Fsp3) is 0.0667. The van der Waals surface area contributed by atoms with Crippen LogP contribution in [-0.4, -0.2) is 11.3 Å². The van der Waals surface area contributed by atoms with Gasteiger partial charge in [-0.25, -0.2) is 4.79 Å². The van der Waals surface area contributed by atoms with E-state index in [9.17, 15) is 9.59 Å². The number of urea groups is 1. The highest BCUT2D eigenvalue weighted by molar-refractivity contribution is 6.67. The summed E-state index contributed by atoms with van der Waals surface area (Å²) in [5.41, 5.74) is 2.69. The molecule has 2 amide bonds. The number of nitrogens with one attached hydrogen (secondary N) is 2. The summed E-state index contributed by atoms with van der Waals surface area (Å²) < 4.78 is 0. The predicted molar refractivity (Wildman–Crippen MR) is 82.1 cm³/mol. The lowest BCUT2D eigenvalue weighted by Gasteiger charge is -2.28. The van der Waals surface area contributed by atoms with E-state index >= 15 is 0 Å². The summed E-state index contributed by atoms with van der Waals surface area (Å²) in [6.07, 6.45) is 0. The zero-order chi connectivity index (χ0) is 15.0. The van der Waals surface area contributed by atoms with E-state index in [1.807, 2.05) is 12.1 Å². The Morgan fingerprint density at radius 1 is 1.10 bits per heavy atom. The molecule has 6 heteroatoms. The molecule has 2 N–H and O–H groups in total. The van der Waals surface area contributed by atoms with Crippen LogP contribution in [0.4, 0.5) is 10.5 Å². The van der Waals surface area contributed by atoms with Crippen molar-refractivity contribution in [3.8, 4) is 0 Å². The van der Waals surface area contributed by atoms with Crippen LogP contribution in [0.1, 0.15) is 27.5 Å². The average Bonchev–Trinajstić information content (AvgIpc) is 2.46. The first-order valence-electron chi connectivity index (χ1n) is 6.21. The van der Waals surface area contributed by atoms with E-state index in [4.69, 9.17) is 23.2 Å². The van der Waals surface area contributed by atoms with Gasteiger partial charge in [-0.15, -0.1) is 0 Å². The van der Waals surface area contributed by atoms with E-state index in [2.05, 4.69) is 10.6 Å². The quantitative estimate of drug-likeness (QED) is 0.823. The lowest BCUT2D eigenvalue weighted by Crippen LogP contribution is -2.38. The Balaban J connectivity index is 2.10. The van der Waals surface area contributed by atoms with E-state index in [1.165, 1.54) is 0 Å². The average molecular weight is 321 g/mol. The van der Waals surface area contributed by atoms with Crippen molar-refractivity contribution in [2.24, 2.45) is 0 Å². The number of hydrogen-bond acceptors (Lipinski definition) is 2. The van der Waals surface area contributed by atoms with Crippen molar-refractivity contribution < 1.29 is 9.59 Å². The van der Waals surface area contributed by atoms with Crippen LogP contribution in [0, 0.1) is 0 Å². The molecule has 0 saturated carbocycles. The van der Waals surface area contributed by atoms with Crippen molar-refractivity contribution in [3.63, 3.8) is 0 Å². The largest absolute Gasteiger partial charge is 0.327 e. The summed E-state index contributed by atoms with van der Waals surface area (Å²) in [6.45, 7) is 0. The molecule has 3 rings (SSSR count). The van der Waals surface area contributed by atoms with Gasteiger partial charge in [-0.2, -0.15) is 0 Å². The minimum absolute atomic E-state index is 0.299. The molecular weight excluding hydrogens is 311 g/mol. The van der Waals surface area contributed by atoms with Crippen LogP contribution >= 0.6 is 23.2 Å². The molecule has 1 heterocycles. The monoisotopic (exact) mass is 320 g/mol. The SMILES string of the molecule is O=C1Nc2ccc(C(=O)Cl)cc2C(c2ccc(Cl)cc2)N1. The zero-order valence-electron chi connectivity index (χ0n) is 10.7. The zero-order valence-corrected chi connectivity index (χ0v) is 12.2. The third-order valence-corrected chi connectivity index (χ3v) is 3.79. The molecule has 1 aliphatic heterocycles. The normalized spacial score (nSPS) is 16.7. The standard InChI is InChI=1S/C15H10Cl2N2O2/c16-10-4-1-8(2-5-10)13-11-7-9(14(17)20)3-6-12(11)18-15(21)19-13/h1-7,13H,(H2,18,19,21). The maximum atomic E-state index is 11.8. The number of amides is 2.